The van der Waals surface area contributed by atoms with Gasteiger partial charge in [0.25, 0.3) is 0 Å². The largest absolute Gasteiger partial charge is 0.478 e. The number of halogens is 1. The van der Waals surface area contributed by atoms with Gasteiger partial charge in [-0.15, -0.1) is 0 Å². The highest BCUT2D eigenvalue weighted by Crippen LogP contribution is 2.41. The van der Waals surface area contributed by atoms with Crippen LogP contribution in [0.15, 0.2) is 47.1 Å². The van der Waals surface area contributed by atoms with E-state index in [0.717, 1.165) is 12.8 Å². The third-order valence-electron chi connectivity index (χ3n) is 5.10. The van der Waals surface area contributed by atoms with Gasteiger partial charge in [-0.3, -0.25) is 0 Å². The van der Waals surface area contributed by atoms with Crippen LogP contribution in [0, 0.1) is 12.3 Å². The van der Waals surface area contributed by atoms with Gasteiger partial charge in [0.1, 0.15) is 5.83 Å². The molecule has 1 aromatic carbocycles. The third-order valence-corrected chi connectivity index (χ3v) is 5.10. The molecule has 0 bridgehead atoms. The van der Waals surface area contributed by atoms with Crippen molar-refractivity contribution in [1.29, 1.82) is 0 Å². The Hall–Kier alpha value is -2.16. The molecule has 134 valence electrons. The van der Waals surface area contributed by atoms with Crippen molar-refractivity contribution in [2.75, 3.05) is 0 Å². The molecule has 0 atom stereocenters. The van der Waals surface area contributed by atoms with E-state index in [-0.39, 0.29) is 16.8 Å². The van der Waals surface area contributed by atoms with Gasteiger partial charge >= 0.3 is 5.97 Å². The highest BCUT2D eigenvalue weighted by Gasteiger charge is 2.26. The maximum Gasteiger partial charge on any atom is 0.335 e. The van der Waals surface area contributed by atoms with E-state index in [1.165, 1.54) is 29.7 Å². The molecule has 0 saturated heterocycles. The summed E-state index contributed by atoms with van der Waals surface area (Å²) in [5.74, 6) is -1.31. The van der Waals surface area contributed by atoms with Crippen molar-refractivity contribution in [1.82, 2.24) is 0 Å². The molecule has 0 fully saturated rings. The standard InChI is InChI=1S/C22H27FO2/c1-14-7-6-12-22(4,5)19(14)11-8-15(2)20(23)18-10-9-17(21(24)25)13-16(18)3/h8-11,13H,6-7,12H2,1-5H3,(H,24,25)/b11-8+,20-15-. The average Bonchev–Trinajstić information content (AvgIpc) is 2.52. The number of hydrogen-bond acceptors (Lipinski definition) is 1. The van der Waals surface area contributed by atoms with Gasteiger partial charge in [-0.1, -0.05) is 37.6 Å². The van der Waals surface area contributed by atoms with Crippen LogP contribution in [-0.2, 0) is 0 Å². The van der Waals surface area contributed by atoms with Gasteiger partial charge < -0.3 is 5.11 Å². The van der Waals surface area contributed by atoms with Crippen LogP contribution in [0.2, 0.25) is 0 Å². The topological polar surface area (TPSA) is 37.3 Å². The average molecular weight is 342 g/mol. The summed E-state index contributed by atoms with van der Waals surface area (Å²) < 4.78 is 14.8. The molecule has 0 aliphatic heterocycles. The summed E-state index contributed by atoms with van der Waals surface area (Å²) in [5.41, 5.74) is 4.58. The van der Waals surface area contributed by atoms with Gasteiger partial charge in [0.05, 0.1) is 5.56 Å². The Balaban J connectivity index is 2.35. The fourth-order valence-corrected chi connectivity index (χ4v) is 3.55. The smallest absolute Gasteiger partial charge is 0.335 e. The van der Waals surface area contributed by atoms with Crippen molar-refractivity contribution in [3.8, 4) is 0 Å². The second-order valence-corrected chi connectivity index (χ2v) is 7.60. The lowest BCUT2D eigenvalue weighted by atomic mass is 9.72. The van der Waals surface area contributed by atoms with Gasteiger partial charge in [-0.05, 0) is 74.3 Å². The molecule has 2 nitrogen and oxygen atoms in total. The molecule has 0 heterocycles. The van der Waals surface area contributed by atoms with Crippen molar-refractivity contribution in [2.45, 2.75) is 53.9 Å². The Morgan fingerprint density at radius 3 is 2.52 bits per heavy atom. The zero-order valence-corrected chi connectivity index (χ0v) is 15.7. The lowest BCUT2D eigenvalue weighted by Gasteiger charge is -2.33. The lowest BCUT2D eigenvalue weighted by molar-refractivity contribution is 0.0696. The molecule has 0 spiro atoms. The Labute approximate surface area is 149 Å². The Morgan fingerprint density at radius 2 is 1.96 bits per heavy atom. The fourth-order valence-electron chi connectivity index (χ4n) is 3.55. The quantitative estimate of drug-likeness (QED) is 0.636. The second kappa shape index (κ2) is 7.38. The first-order chi connectivity index (χ1) is 11.6. The number of rotatable bonds is 4. The van der Waals surface area contributed by atoms with Crippen molar-refractivity contribution in [3.05, 3.63) is 63.8 Å². The van der Waals surface area contributed by atoms with Gasteiger partial charge in [-0.2, -0.15) is 0 Å². The molecule has 1 aliphatic carbocycles. The predicted octanol–water partition coefficient (Wildman–Crippen LogP) is 6.48. The molecule has 0 radical (unpaired) electrons. The summed E-state index contributed by atoms with van der Waals surface area (Å²) in [6.45, 7) is 10.1. The Kier molecular flexibility index (Phi) is 5.66. The van der Waals surface area contributed by atoms with Crippen LogP contribution in [0.3, 0.4) is 0 Å². The molecular weight excluding hydrogens is 315 g/mol. The number of carboxylic acids is 1. The van der Waals surface area contributed by atoms with Gasteiger partial charge in [0.2, 0.25) is 0 Å². The second-order valence-electron chi connectivity index (χ2n) is 7.60. The molecule has 0 saturated carbocycles. The Morgan fingerprint density at radius 1 is 1.28 bits per heavy atom. The minimum Gasteiger partial charge on any atom is -0.478 e. The van der Waals surface area contributed by atoms with E-state index in [1.54, 1.807) is 19.9 Å². The number of aromatic carboxylic acids is 1. The third kappa shape index (κ3) is 4.28. The summed E-state index contributed by atoms with van der Waals surface area (Å²) in [4.78, 5) is 11.0. The maximum absolute atomic E-state index is 14.8. The zero-order valence-electron chi connectivity index (χ0n) is 15.7. The van der Waals surface area contributed by atoms with E-state index in [9.17, 15) is 9.18 Å². The molecule has 0 unspecified atom stereocenters. The van der Waals surface area contributed by atoms with Crippen LogP contribution in [0.4, 0.5) is 4.39 Å². The van der Waals surface area contributed by atoms with Crippen LogP contribution < -0.4 is 0 Å². The van der Waals surface area contributed by atoms with Crippen LogP contribution in [0.5, 0.6) is 0 Å². The minimum atomic E-state index is -1.00. The molecule has 25 heavy (non-hydrogen) atoms. The first-order valence-corrected chi connectivity index (χ1v) is 8.72. The van der Waals surface area contributed by atoms with Gasteiger partial charge in [0.15, 0.2) is 0 Å². The van der Waals surface area contributed by atoms with Crippen LogP contribution in [0.1, 0.15) is 68.4 Å². The van der Waals surface area contributed by atoms with E-state index < -0.39 is 5.97 Å². The van der Waals surface area contributed by atoms with Crippen LogP contribution in [0.25, 0.3) is 5.83 Å². The van der Waals surface area contributed by atoms with Crippen LogP contribution in [-0.4, -0.2) is 11.1 Å². The van der Waals surface area contributed by atoms with Crippen molar-refractivity contribution in [2.24, 2.45) is 5.41 Å². The number of aryl methyl sites for hydroxylation is 1. The lowest BCUT2D eigenvalue weighted by Crippen LogP contribution is -2.19. The van der Waals surface area contributed by atoms with E-state index in [0.29, 0.717) is 16.7 Å². The summed E-state index contributed by atoms with van der Waals surface area (Å²) in [7, 11) is 0. The molecule has 1 aromatic rings. The highest BCUT2D eigenvalue weighted by molar-refractivity contribution is 5.88. The molecular formula is C22H27FO2. The number of benzene rings is 1. The van der Waals surface area contributed by atoms with E-state index in [1.807, 2.05) is 12.2 Å². The Bertz CT molecular complexity index is 779. The van der Waals surface area contributed by atoms with Gasteiger partial charge in [-0.25, -0.2) is 9.18 Å². The number of hydrogen-bond donors (Lipinski definition) is 1. The SMILES string of the molecule is CC1=C(/C=C/C(C)=C(\F)c2ccc(C(=O)O)cc2C)C(C)(C)CCC1. The summed E-state index contributed by atoms with van der Waals surface area (Å²) in [6.07, 6.45) is 7.33. The first kappa shape index (κ1) is 19.2. The van der Waals surface area contributed by atoms with E-state index in [4.69, 9.17) is 5.11 Å². The summed E-state index contributed by atoms with van der Waals surface area (Å²) in [5, 5.41) is 9.03. The molecule has 2 rings (SSSR count). The van der Waals surface area contributed by atoms with Gasteiger partial charge in [0, 0.05) is 5.56 Å². The van der Waals surface area contributed by atoms with Crippen molar-refractivity contribution >= 4 is 11.8 Å². The molecule has 0 aromatic heterocycles. The van der Waals surface area contributed by atoms with Crippen molar-refractivity contribution < 1.29 is 14.3 Å². The fraction of sp³-hybridized carbons (Fsp3) is 0.409. The van der Waals surface area contributed by atoms with E-state index >= 15 is 0 Å². The minimum absolute atomic E-state index is 0.120. The molecule has 1 aliphatic rings. The molecule has 0 amide bonds. The van der Waals surface area contributed by atoms with E-state index in [2.05, 4.69) is 20.8 Å². The molecule has 1 N–H and O–H groups in total. The first-order valence-electron chi connectivity index (χ1n) is 8.72. The highest BCUT2D eigenvalue weighted by atomic mass is 19.1. The number of carboxylic acid groups (broad SMARTS) is 1. The predicted molar refractivity (Wildman–Crippen MR) is 101 cm³/mol. The summed E-state index contributed by atoms with van der Waals surface area (Å²) >= 11 is 0. The number of carbonyl (C=O) groups is 1. The van der Waals surface area contributed by atoms with Crippen LogP contribution >= 0.6 is 0 Å². The normalized spacial score (nSPS) is 18.5. The maximum atomic E-state index is 14.8. The summed E-state index contributed by atoms with van der Waals surface area (Å²) in [6, 6.07) is 4.49. The zero-order chi connectivity index (χ0) is 18.8. The molecule has 3 heteroatoms. The monoisotopic (exact) mass is 342 g/mol. The number of allylic oxidation sites excluding steroid dienone is 5. The van der Waals surface area contributed by atoms with Crippen molar-refractivity contribution in [3.63, 3.8) is 0 Å².